The summed E-state index contributed by atoms with van der Waals surface area (Å²) in [5, 5.41) is 0.531. The van der Waals surface area contributed by atoms with Crippen molar-refractivity contribution in [2.45, 2.75) is 11.3 Å². The first-order valence-electron chi connectivity index (χ1n) is 13.6. The summed E-state index contributed by atoms with van der Waals surface area (Å²) in [4.78, 5) is 7.95. The molecule has 2 heterocycles. The number of nitrogens with zero attached hydrogens (tertiary/aromatic N) is 3. The number of halogens is 3. The number of aromatic nitrogens is 1. The van der Waals surface area contributed by atoms with E-state index in [1.807, 2.05) is 4.72 Å². The molecule has 0 aliphatic carbocycles. The average molecular weight is 617 g/mol. The molecule has 1 fully saturated rings. The normalized spacial score (nSPS) is 14.5. The predicted octanol–water partition coefficient (Wildman–Crippen LogP) is 5.27. The van der Waals surface area contributed by atoms with Gasteiger partial charge in [0.2, 0.25) is 0 Å². The zero-order valence-electron chi connectivity index (χ0n) is 23.6. The summed E-state index contributed by atoms with van der Waals surface area (Å²) < 4.78 is 87.6. The van der Waals surface area contributed by atoms with Gasteiger partial charge in [0.15, 0.2) is 28.0 Å². The van der Waals surface area contributed by atoms with E-state index in [4.69, 9.17) is 14.2 Å². The molecule has 4 aromatic rings. The van der Waals surface area contributed by atoms with Crippen molar-refractivity contribution < 1.29 is 35.8 Å². The average Bonchev–Trinajstić information content (AvgIpc) is 2.97. The summed E-state index contributed by atoms with van der Waals surface area (Å²) in [7, 11) is -1.03. The number of anilines is 1. The molecule has 0 atom stereocenters. The number of fused-ring (bicyclic) bond motifs is 1. The molecule has 228 valence electrons. The first kappa shape index (κ1) is 30.4. The Bertz CT molecular complexity index is 1700. The SMILES string of the molecule is COc1cc2c(Oc3ccc(NS(=O)(=O)c4c(F)cccc4F)cc3F)ccnc2cc1OCCCN1CCN(C)CC1. The van der Waals surface area contributed by atoms with E-state index in [1.165, 1.54) is 25.4 Å². The smallest absolute Gasteiger partial charge is 0.267 e. The number of nitrogens with one attached hydrogen (secondary N) is 1. The molecule has 9 nitrogen and oxygen atoms in total. The fraction of sp³-hybridized carbons (Fsp3) is 0.300. The second-order valence-corrected chi connectivity index (χ2v) is 11.7. The third-order valence-electron chi connectivity index (χ3n) is 7.05. The van der Waals surface area contributed by atoms with Crippen LogP contribution in [0.15, 0.2) is 65.7 Å². The summed E-state index contributed by atoms with van der Waals surface area (Å²) in [6, 6.07) is 10.9. The number of methoxy groups -OCH3 is 1. The van der Waals surface area contributed by atoms with E-state index < -0.39 is 32.4 Å². The fourth-order valence-corrected chi connectivity index (χ4v) is 5.93. The number of rotatable bonds is 11. The van der Waals surface area contributed by atoms with E-state index in [1.54, 1.807) is 18.2 Å². The van der Waals surface area contributed by atoms with Crippen molar-refractivity contribution in [3.63, 3.8) is 0 Å². The minimum atomic E-state index is -4.67. The van der Waals surface area contributed by atoms with Crippen LogP contribution in [0.1, 0.15) is 6.42 Å². The summed E-state index contributed by atoms with van der Waals surface area (Å²) in [5.41, 5.74) is 0.284. The lowest BCUT2D eigenvalue weighted by Crippen LogP contribution is -2.44. The van der Waals surface area contributed by atoms with Crippen molar-refractivity contribution in [2.75, 3.05) is 58.2 Å². The predicted molar refractivity (Wildman–Crippen MR) is 156 cm³/mol. The second kappa shape index (κ2) is 13.1. The Balaban J connectivity index is 1.29. The highest BCUT2D eigenvalue weighted by Gasteiger charge is 2.24. The Morgan fingerprint density at radius 1 is 0.884 bits per heavy atom. The maximum Gasteiger partial charge on any atom is 0.267 e. The molecule has 1 aliphatic rings. The van der Waals surface area contributed by atoms with E-state index >= 15 is 4.39 Å². The first-order valence-corrected chi connectivity index (χ1v) is 15.1. The van der Waals surface area contributed by atoms with Crippen LogP contribution < -0.4 is 18.9 Å². The number of likely N-dealkylation sites (N-methyl/N-ethyl adjacent to an activating group) is 1. The standard InChI is InChI=1S/C30H31F3N4O5S/c1-36-12-14-37(15-13-36)11-4-16-41-29-19-25-21(18-28(29)40-2)26(9-10-34-25)42-27-8-7-20(17-24(27)33)35-43(38,39)30-22(31)5-3-6-23(30)32/h3,5-10,17-19,35H,4,11-16H2,1-2H3. The van der Waals surface area contributed by atoms with Gasteiger partial charge in [0.25, 0.3) is 10.0 Å². The van der Waals surface area contributed by atoms with Gasteiger partial charge in [0.1, 0.15) is 17.4 Å². The Labute approximate surface area is 247 Å². The van der Waals surface area contributed by atoms with Crippen LogP contribution in [0.5, 0.6) is 23.0 Å². The number of pyridine rings is 1. The number of hydrogen-bond acceptors (Lipinski definition) is 8. The molecule has 1 aliphatic heterocycles. The van der Waals surface area contributed by atoms with Gasteiger partial charge in [-0.05, 0) is 49.9 Å². The Hall–Kier alpha value is -4.07. The van der Waals surface area contributed by atoms with E-state index in [-0.39, 0.29) is 17.2 Å². The van der Waals surface area contributed by atoms with E-state index in [0.717, 1.165) is 63.4 Å². The number of sulfonamides is 1. The van der Waals surface area contributed by atoms with Crippen LogP contribution in [0.3, 0.4) is 0 Å². The lowest BCUT2D eigenvalue weighted by molar-refractivity contribution is 0.145. The van der Waals surface area contributed by atoms with Gasteiger partial charge >= 0.3 is 0 Å². The molecule has 43 heavy (non-hydrogen) atoms. The lowest BCUT2D eigenvalue weighted by Gasteiger charge is -2.32. The maximum absolute atomic E-state index is 15.0. The highest BCUT2D eigenvalue weighted by molar-refractivity contribution is 7.92. The van der Waals surface area contributed by atoms with E-state index in [9.17, 15) is 17.2 Å². The molecule has 1 N–H and O–H groups in total. The molecule has 0 unspecified atom stereocenters. The Morgan fingerprint density at radius 2 is 1.63 bits per heavy atom. The van der Waals surface area contributed by atoms with Crippen LogP contribution in [-0.2, 0) is 10.0 Å². The van der Waals surface area contributed by atoms with Crippen LogP contribution in [0.25, 0.3) is 10.9 Å². The van der Waals surface area contributed by atoms with Crippen molar-refractivity contribution in [3.8, 4) is 23.0 Å². The number of ether oxygens (including phenoxy) is 3. The van der Waals surface area contributed by atoms with Gasteiger partial charge in [-0.1, -0.05) is 6.07 Å². The van der Waals surface area contributed by atoms with Crippen LogP contribution in [0.2, 0.25) is 0 Å². The summed E-state index contributed by atoms with van der Waals surface area (Å²) in [6.07, 6.45) is 2.35. The molecule has 0 radical (unpaired) electrons. The van der Waals surface area contributed by atoms with Crippen molar-refractivity contribution >= 4 is 26.6 Å². The van der Waals surface area contributed by atoms with Gasteiger partial charge < -0.3 is 24.0 Å². The summed E-state index contributed by atoms with van der Waals surface area (Å²) >= 11 is 0. The lowest BCUT2D eigenvalue weighted by atomic mass is 10.1. The van der Waals surface area contributed by atoms with Crippen LogP contribution >= 0.6 is 0 Å². The summed E-state index contributed by atoms with van der Waals surface area (Å²) in [6.45, 7) is 5.61. The van der Waals surface area contributed by atoms with E-state index in [0.29, 0.717) is 29.0 Å². The monoisotopic (exact) mass is 616 g/mol. The molecule has 0 amide bonds. The Kier molecular flexibility index (Phi) is 9.23. The third-order valence-corrected chi connectivity index (χ3v) is 8.48. The molecule has 1 saturated heterocycles. The van der Waals surface area contributed by atoms with Crippen LogP contribution in [0.4, 0.5) is 18.9 Å². The topological polar surface area (TPSA) is 93.2 Å². The molecular weight excluding hydrogens is 585 g/mol. The Morgan fingerprint density at radius 3 is 2.33 bits per heavy atom. The van der Waals surface area contributed by atoms with Crippen LogP contribution in [0, 0.1) is 17.5 Å². The van der Waals surface area contributed by atoms with Crippen molar-refractivity contribution in [3.05, 3.63) is 78.2 Å². The first-order chi connectivity index (χ1) is 20.6. The number of benzene rings is 3. The highest BCUT2D eigenvalue weighted by Crippen LogP contribution is 2.38. The van der Waals surface area contributed by atoms with Gasteiger partial charge in [-0.2, -0.15) is 0 Å². The van der Waals surface area contributed by atoms with Gasteiger partial charge in [0, 0.05) is 56.4 Å². The molecule has 5 rings (SSSR count). The molecular formula is C30H31F3N4O5S. The van der Waals surface area contributed by atoms with Gasteiger partial charge in [0.05, 0.1) is 24.9 Å². The van der Waals surface area contributed by atoms with Crippen LogP contribution in [-0.4, -0.2) is 76.7 Å². The zero-order chi connectivity index (χ0) is 30.6. The minimum absolute atomic E-state index is 0.212. The highest BCUT2D eigenvalue weighted by atomic mass is 32.2. The molecule has 1 aromatic heterocycles. The van der Waals surface area contributed by atoms with Crippen molar-refractivity contribution in [2.24, 2.45) is 0 Å². The largest absolute Gasteiger partial charge is 0.493 e. The number of hydrogen-bond donors (Lipinski definition) is 1. The van der Waals surface area contributed by atoms with Gasteiger partial charge in [-0.25, -0.2) is 21.6 Å². The van der Waals surface area contributed by atoms with Gasteiger partial charge in [-0.3, -0.25) is 9.71 Å². The van der Waals surface area contributed by atoms with Crippen molar-refractivity contribution in [1.82, 2.24) is 14.8 Å². The third kappa shape index (κ3) is 7.12. The summed E-state index contributed by atoms with van der Waals surface area (Å²) in [5.74, 6) is -2.42. The fourth-order valence-electron chi connectivity index (χ4n) is 4.74. The van der Waals surface area contributed by atoms with Gasteiger partial charge in [-0.15, -0.1) is 0 Å². The molecule has 0 saturated carbocycles. The second-order valence-electron chi connectivity index (χ2n) is 10.1. The quantitative estimate of drug-likeness (QED) is 0.228. The maximum atomic E-state index is 15.0. The number of piperazine rings is 1. The molecule has 0 spiro atoms. The van der Waals surface area contributed by atoms with Crippen molar-refractivity contribution in [1.29, 1.82) is 0 Å². The molecule has 13 heteroatoms. The molecule has 0 bridgehead atoms. The van der Waals surface area contributed by atoms with E-state index in [2.05, 4.69) is 21.8 Å². The zero-order valence-corrected chi connectivity index (χ0v) is 24.5. The minimum Gasteiger partial charge on any atom is -0.493 e. The molecule has 3 aromatic carbocycles.